The lowest BCUT2D eigenvalue weighted by Crippen LogP contribution is -2.41. The topological polar surface area (TPSA) is 23.5 Å². The van der Waals surface area contributed by atoms with E-state index in [0.717, 1.165) is 0 Å². The maximum absolute atomic E-state index is 9.43. The van der Waals surface area contributed by atoms with Gasteiger partial charge in [0.15, 0.2) is 0 Å². The number of hydrogen-bond donors (Lipinski definition) is 1. The molecule has 0 saturated carbocycles. The zero-order valence-corrected chi connectivity index (χ0v) is 9.87. The fourth-order valence-corrected chi connectivity index (χ4v) is 2.60. The molecule has 1 saturated heterocycles. The van der Waals surface area contributed by atoms with Crippen LogP contribution in [0.3, 0.4) is 0 Å². The van der Waals surface area contributed by atoms with Crippen molar-refractivity contribution in [2.75, 3.05) is 20.2 Å². The molecule has 1 rings (SSSR count). The molecule has 0 aromatic carbocycles. The first-order chi connectivity index (χ1) is 6.66. The van der Waals surface area contributed by atoms with Gasteiger partial charge in [0.25, 0.3) is 0 Å². The van der Waals surface area contributed by atoms with Gasteiger partial charge >= 0.3 is 0 Å². The van der Waals surface area contributed by atoms with Crippen LogP contribution in [-0.4, -0.2) is 36.2 Å². The number of nitrogens with zero attached hydrogens (tertiary/aromatic N) is 1. The third kappa shape index (κ3) is 2.96. The van der Waals surface area contributed by atoms with E-state index in [-0.39, 0.29) is 0 Å². The summed E-state index contributed by atoms with van der Waals surface area (Å²) in [6, 6.07) is 0.600. The molecule has 2 unspecified atom stereocenters. The highest BCUT2D eigenvalue weighted by molar-refractivity contribution is 4.81. The van der Waals surface area contributed by atoms with E-state index in [4.69, 9.17) is 0 Å². The van der Waals surface area contributed by atoms with Crippen LogP contribution in [0.2, 0.25) is 0 Å². The molecular formula is C12H25NO. The zero-order valence-electron chi connectivity index (χ0n) is 9.87. The smallest absolute Gasteiger partial charge is 0.0476 e. The molecule has 2 atom stereocenters. The summed E-state index contributed by atoms with van der Waals surface area (Å²) in [4.78, 5) is 2.45. The lowest BCUT2D eigenvalue weighted by molar-refractivity contribution is 0.0866. The molecule has 0 amide bonds. The van der Waals surface area contributed by atoms with Crippen LogP contribution in [-0.2, 0) is 0 Å². The van der Waals surface area contributed by atoms with Crippen LogP contribution in [0.5, 0.6) is 0 Å². The van der Waals surface area contributed by atoms with E-state index in [2.05, 4.69) is 25.8 Å². The summed E-state index contributed by atoms with van der Waals surface area (Å²) in [6.07, 6.45) is 5.28. The largest absolute Gasteiger partial charge is 0.396 e. The number of hydrogen-bond acceptors (Lipinski definition) is 2. The minimum Gasteiger partial charge on any atom is -0.396 e. The highest BCUT2D eigenvalue weighted by Gasteiger charge is 2.27. The maximum Gasteiger partial charge on any atom is 0.0476 e. The summed E-state index contributed by atoms with van der Waals surface area (Å²) < 4.78 is 0. The summed E-state index contributed by atoms with van der Waals surface area (Å²) in [6.45, 7) is 5.99. The van der Waals surface area contributed by atoms with Crippen molar-refractivity contribution in [3.05, 3.63) is 0 Å². The average molecular weight is 199 g/mol. The molecule has 1 fully saturated rings. The number of aliphatic hydroxyl groups excluding tert-OH is 1. The Morgan fingerprint density at radius 1 is 1.29 bits per heavy atom. The van der Waals surface area contributed by atoms with Crippen molar-refractivity contribution in [1.29, 1.82) is 0 Å². The third-order valence-electron chi connectivity index (χ3n) is 3.64. The molecule has 1 N–H and O–H groups in total. The Balaban J connectivity index is 2.60. The Hall–Kier alpha value is -0.0800. The first-order valence-corrected chi connectivity index (χ1v) is 5.98. The van der Waals surface area contributed by atoms with Crippen molar-refractivity contribution in [1.82, 2.24) is 4.90 Å². The molecule has 0 aromatic rings. The fraction of sp³-hybridized carbons (Fsp3) is 1.00. The summed E-state index contributed by atoms with van der Waals surface area (Å²) in [5.41, 5.74) is 0. The van der Waals surface area contributed by atoms with E-state index in [0.29, 0.717) is 24.5 Å². The van der Waals surface area contributed by atoms with Crippen molar-refractivity contribution in [3.63, 3.8) is 0 Å². The fourth-order valence-electron chi connectivity index (χ4n) is 2.60. The molecule has 1 aliphatic rings. The molecule has 0 aliphatic carbocycles. The van der Waals surface area contributed by atoms with Crippen LogP contribution < -0.4 is 0 Å². The maximum atomic E-state index is 9.43. The Labute approximate surface area is 88.3 Å². The van der Waals surface area contributed by atoms with Crippen molar-refractivity contribution >= 4 is 0 Å². The van der Waals surface area contributed by atoms with Crippen LogP contribution in [0.1, 0.15) is 39.5 Å². The number of rotatable bonds is 3. The SMILES string of the molecule is CC(C)C(CO)C1CCCCCN1C. The molecule has 0 radical (unpaired) electrons. The van der Waals surface area contributed by atoms with E-state index in [1.807, 2.05) is 0 Å². The highest BCUT2D eigenvalue weighted by Crippen LogP contribution is 2.26. The van der Waals surface area contributed by atoms with Gasteiger partial charge in [0.2, 0.25) is 0 Å². The molecular weight excluding hydrogens is 174 g/mol. The van der Waals surface area contributed by atoms with Gasteiger partial charge in [-0.2, -0.15) is 0 Å². The van der Waals surface area contributed by atoms with Crippen LogP contribution >= 0.6 is 0 Å². The van der Waals surface area contributed by atoms with Crippen LogP contribution in [0.25, 0.3) is 0 Å². The Bertz CT molecular complexity index is 158. The van der Waals surface area contributed by atoms with Gasteiger partial charge in [-0.05, 0) is 38.3 Å². The Kier molecular flexibility index (Phi) is 4.90. The number of likely N-dealkylation sites (tertiary alicyclic amines) is 1. The van der Waals surface area contributed by atoms with Crippen LogP contribution in [0.15, 0.2) is 0 Å². The molecule has 1 heterocycles. The predicted octanol–water partition coefficient (Wildman–Crippen LogP) is 2.13. The molecule has 14 heavy (non-hydrogen) atoms. The second kappa shape index (κ2) is 5.72. The van der Waals surface area contributed by atoms with Gasteiger partial charge in [-0.25, -0.2) is 0 Å². The molecule has 0 spiro atoms. The summed E-state index contributed by atoms with van der Waals surface area (Å²) in [5, 5.41) is 9.43. The van der Waals surface area contributed by atoms with Crippen molar-refractivity contribution in [3.8, 4) is 0 Å². The highest BCUT2D eigenvalue weighted by atomic mass is 16.3. The molecule has 0 bridgehead atoms. The standard InChI is InChI=1S/C12H25NO/c1-10(2)11(9-14)12-7-5-4-6-8-13(12)3/h10-12,14H,4-9H2,1-3H3. The van der Waals surface area contributed by atoms with Gasteiger partial charge in [0.1, 0.15) is 0 Å². The normalized spacial score (nSPS) is 27.6. The van der Waals surface area contributed by atoms with E-state index in [9.17, 15) is 5.11 Å². The zero-order chi connectivity index (χ0) is 10.6. The average Bonchev–Trinajstić information content (AvgIpc) is 2.33. The van der Waals surface area contributed by atoms with Crippen LogP contribution in [0.4, 0.5) is 0 Å². The van der Waals surface area contributed by atoms with Crippen molar-refractivity contribution < 1.29 is 5.11 Å². The van der Waals surface area contributed by atoms with Crippen molar-refractivity contribution in [2.45, 2.75) is 45.6 Å². The van der Waals surface area contributed by atoms with Gasteiger partial charge in [0.05, 0.1) is 0 Å². The Morgan fingerprint density at radius 3 is 2.57 bits per heavy atom. The van der Waals surface area contributed by atoms with Gasteiger partial charge in [-0.1, -0.05) is 26.7 Å². The first kappa shape index (κ1) is 12.0. The Morgan fingerprint density at radius 2 is 2.00 bits per heavy atom. The predicted molar refractivity (Wildman–Crippen MR) is 60.3 cm³/mol. The van der Waals surface area contributed by atoms with Gasteiger partial charge in [0, 0.05) is 12.6 Å². The third-order valence-corrected chi connectivity index (χ3v) is 3.64. The molecule has 84 valence electrons. The molecule has 2 heteroatoms. The van der Waals surface area contributed by atoms with E-state index >= 15 is 0 Å². The van der Waals surface area contributed by atoms with Crippen LogP contribution in [0, 0.1) is 11.8 Å². The number of aliphatic hydroxyl groups is 1. The van der Waals surface area contributed by atoms with Crippen molar-refractivity contribution in [2.24, 2.45) is 11.8 Å². The monoisotopic (exact) mass is 199 g/mol. The summed E-state index contributed by atoms with van der Waals surface area (Å²) >= 11 is 0. The lowest BCUT2D eigenvalue weighted by atomic mass is 9.86. The molecule has 2 nitrogen and oxygen atoms in total. The second-order valence-corrected chi connectivity index (χ2v) is 4.99. The van der Waals surface area contributed by atoms with Gasteiger partial charge < -0.3 is 10.0 Å². The molecule has 0 aromatic heterocycles. The van der Waals surface area contributed by atoms with Gasteiger partial charge in [-0.15, -0.1) is 0 Å². The van der Waals surface area contributed by atoms with E-state index < -0.39 is 0 Å². The summed E-state index contributed by atoms with van der Waals surface area (Å²) in [7, 11) is 2.21. The second-order valence-electron chi connectivity index (χ2n) is 4.99. The lowest BCUT2D eigenvalue weighted by Gasteiger charge is -2.34. The molecule has 1 aliphatic heterocycles. The van der Waals surface area contributed by atoms with E-state index in [1.54, 1.807) is 0 Å². The minimum atomic E-state index is 0.340. The minimum absolute atomic E-state index is 0.340. The quantitative estimate of drug-likeness (QED) is 0.752. The van der Waals surface area contributed by atoms with E-state index in [1.165, 1.54) is 32.2 Å². The summed E-state index contributed by atoms with van der Waals surface area (Å²) in [5.74, 6) is 1.05. The first-order valence-electron chi connectivity index (χ1n) is 5.98. The van der Waals surface area contributed by atoms with Gasteiger partial charge in [-0.3, -0.25) is 0 Å².